The zero-order chi connectivity index (χ0) is 18.5. The van der Waals surface area contributed by atoms with Gasteiger partial charge in [0, 0.05) is 12.2 Å². The van der Waals surface area contributed by atoms with Crippen molar-refractivity contribution >= 4 is 23.4 Å². The van der Waals surface area contributed by atoms with Gasteiger partial charge in [-0.25, -0.2) is 4.39 Å². The lowest BCUT2D eigenvalue weighted by Crippen LogP contribution is -2.36. The van der Waals surface area contributed by atoms with Gasteiger partial charge in [-0.2, -0.15) is 0 Å². The first-order chi connectivity index (χ1) is 12.6. The van der Waals surface area contributed by atoms with E-state index in [1.807, 2.05) is 37.3 Å². The summed E-state index contributed by atoms with van der Waals surface area (Å²) in [5.74, 6) is -0.395. The minimum atomic E-state index is -0.432. The van der Waals surface area contributed by atoms with Gasteiger partial charge in [0.05, 0.1) is 10.8 Å². The predicted octanol–water partition coefficient (Wildman–Crippen LogP) is 4.41. The molecule has 0 spiro atoms. The number of para-hydroxylation sites is 1. The van der Waals surface area contributed by atoms with E-state index >= 15 is 0 Å². The molecule has 0 aliphatic heterocycles. The Hall–Kier alpha value is -2.67. The second kappa shape index (κ2) is 8.14. The molecule has 0 unspecified atom stereocenters. The highest BCUT2D eigenvalue weighted by molar-refractivity contribution is 8.00. The van der Waals surface area contributed by atoms with E-state index in [2.05, 4.69) is 10.2 Å². The SMILES string of the molecule is CCN(C(=O)[C@H](C)Sc1nnc(-c2ccccc2F)o1)c1ccccc1. The van der Waals surface area contributed by atoms with Gasteiger partial charge in [0.2, 0.25) is 5.91 Å². The molecule has 0 radical (unpaired) electrons. The van der Waals surface area contributed by atoms with Crippen molar-refractivity contribution in [3.8, 4) is 11.5 Å². The fourth-order valence-corrected chi connectivity index (χ4v) is 3.24. The van der Waals surface area contributed by atoms with Crippen molar-refractivity contribution in [3.05, 3.63) is 60.4 Å². The molecule has 0 aliphatic rings. The standard InChI is InChI=1S/C19H18FN3O2S/c1-3-23(14-9-5-4-6-10-14)18(24)13(2)26-19-22-21-17(25-19)15-11-7-8-12-16(15)20/h4-13H,3H2,1-2H3/t13-/m0/s1. The van der Waals surface area contributed by atoms with E-state index in [0.29, 0.717) is 6.54 Å². The third-order valence-electron chi connectivity index (χ3n) is 3.79. The molecule has 0 bridgehead atoms. The van der Waals surface area contributed by atoms with E-state index in [1.165, 1.54) is 6.07 Å². The monoisotopic (exact) mass is 371 g/mol. The van der Waals surface area contributed by atoms with Crippen molar-refractivity contribution in [1.29, 1.82) is 0 Å². The van der Waals surface area contributed by atoms with Crippen LogP contribution in [0.15, 0.2) is 64.2 Å². The average Bonchev–Trinajstić information content (AvgIpc) is 3.11. The molecule has 5 nitrogen and oxygen atoms in total. The first kappa shape index (κ1) is 18.1. The summed E-state index contributed by atoms with van der Waals surface area (Å²) in [6.45, 7) is 4.26. The zero-order valence-electron chi connectivity index (χ0n) is 14.4. The van der Waals surface area contributed by atoms with Crippen molar-refractivity contribution in [2.75, 3.05) is 11.4 Å². The summed E-state index contributed by atoms with van der Waals surface area (Å²) in [5.41, 5.74) is 1.08. The summed E-state index contributed by atoms with van der Waals surface area (Å²) in [6.07, 6.45) is 0. The van der Waals surface area contributed by atoms with E-state index in [4.69, 9.17) is 4.42 Å². The topological polar surface area (TPSA) is 59.2 Å². The number of hydrogen-bond acceptors (Lipinski definition) is 5. The summed E-state index contributed by atoms with van der Waals surface area (Å²) in [7, 11) is 0. The number of rotatable bonds is 6. The van der Waals surface area contributed by atoms with Gasteiger partial charge in [-0.15, -0.1) is 10.2 Å². The van der Waals surface area contributed by atoms with Gasteiger partial charge < -0.3 is 9.32 Å². The quantitative estimate of drug-likeness (QED) is 0.601. The van der Waals surface area contributed by atoms with Crippen molar-refractivity contribution in [1.82, 2.24) is 10.2 Å². The lowest BCUT2D eigenvalue weighted by Gasteiger charge is -2.23. The summed E-state index contributed by atoms with van der Waals surface area (Å²) in [6, 6.07) is 15.7. The fraction of sp³-hybridized carbons (Fsp3) is 0.211. The number of nitrogens with zero attached hydrogens (tertiary/aromatic N) is 3. The number of aromatic nitrogens is 2. The molecule has 0 N–H and O–H groups in total. The van der Waals surface area contributed by atoms with Crippen LogP contribution in [0.4, 0.5) is 10.1 Å². The largest absolute Gasteiger partial charge is 0.411 e. The Bertz CT molecular complexity index is 885. The molecule has 0 fully saturated rings. The highest BCUT2D eigenvalue weighted by atomic mass is 32.2. The molecule has 0 saturated carbocycles. The molecule has 2 aromatic carbocycles. The van der Waals surface area contributed by atoms with Crippen LogP contribution in [-0.2, 0) is 4.79 Å². The van der Waals surface area contributed by atoms with E-state index in [1.54, 1.807) is 30.0 Å². The molecule has 0 aliphatic carbocycles. The molecular weight excluding hydrogens is 353 g/mol. The zero-order valence-corrected chi connectivity index (χ0v) is 15.2. The third kappa shape index (κ3) is 3.94. The van der Waals surface area contributed by atoms with E-state index < -0.39 is 11.1 Å². The lowest BCUT2D eigenvalue weighted by atomic mass is 10.2. The highest BCUT2D eigenvalue weighted by Crippen LogP contribution is 2.29. The minimum Gasteiger partial charge on any atom is -0.411 e. The summed E-state index contributed by atoms with van der Waals surface area (Å²) >= 11 is 1.16. The van der Waals surface area contributed by atoms with Crippen LogP contribution in [0.25, 0.3) is 11.5 Å². The Balaban J connectivity index is 1.73. The summed E-state index contributed by atoms with van der Waals surface area (Å²) in [4.78, 5) is 14.5. The van der Waals surface area contributed by atoms with Crippen LogP contribution in [0.2, 0.25) is 0 Å². The number of amides is 1. The van der Waals surface area contributed by atoms with Crippen molar-refractivity contribution < 1.29 is 13.6 Å². The van der Waals surface area contributed by atoms with Crippen LogP contribution in [0.5, 0.6) is 0 Å². The molecule has 3 rings (SSSR count). The number of anilines is 1. The van der Waals surface area contributed by atoms with E-state index in [-0.39, 0.29) is 22.6 Å². The van der Waals surface area contributed by atoms with Crippen LogP contribution >= 0.6 is 11.8 Å². The van der Waals surface area contributed by atoms with Gasteiger partial charge in [0.1, 0.15) is 5.82 Å². The molecule has 134 valence electrons. The van der Waals surface area contributed by atoms with E-state index in [9.17, 15) is 9.18 Å². The maximum Gasteiger partial charge on any atom is 0.277 e. The van der Waals surface area contributed by atoms with Crippen molar-refractivity contribution in [2.24, 2.45) is 0 Å². The smallest absolute Gasteiger partial charge is 0.277 e. The van der Waals surface area contributed by atoms with Crippen LogP contribution in [0.1, 0.15) is 13.8 Å². The van der Waals surface area contributed by atoms with Gasteiger partial charge in [0.25, 0.3) is 11.1 Å². The molecular formula is C19H18FN3O2S. The molecule has 1 amide bonds. The van der Waals surface area contributed by atoms with Crippen molar-refractivity contribution in [3.63, 3.8) is 0 Å². The maximum atomic E-state index is 13.8. The molecule has 26 heavy (non-hydrogen) atoms. The number of carbonyl (C=O) groups excluding carboxylic acids is 1. The van der Waals surface area contributed by atoms with Gasteiger partial charge in [0.15, 0.2) is 0 Å². The Morgan fingerprint density at radius 3 is 2.54 bits per heavy atom. The lowest BCUT2D eigenvalue weighted by molar-refractivity contribution is -0.117. The number of halogens is 1. The molecule has 1 heterocycles. The average molecular weight is 371 g/mol. The molecule has 7 heteroatoms. The second-order valence-electron chi connectivity index (χ2n) is 5.53. The number of carbonyl (C=O) groups is 1. The number of benzene rings is 2. The van der Waals surface area contributed by atoms with Gasteiger partial charge >= 0.3 is 0 Å². The van der Waals surface area contributed by atoms with Crippen LogP contribution in [0, 0.1) is 5.82 Å². The Kier molecular flexibility index (Phi) is 5.68. The van der Waals surface area contributed by atoms with Crippen LogP contribution in [0.3, 0.4) is 0 Å². The molecule has 1 aromatic heterocycles. The number of thioether (sulfide) groups is 1. The first-order valence-electron chi connectivity index (χ1n) is 8.21. The van der Waals surface area contributed by atoms with Gasteiger partial charge in [-0.1, -0.05) is 42.1 Å². The Morgan fingerprint density at radius 1 is 1.15 bits per heavy atom. The molecule has 0 saturated heterocycles. The highest BCUT2D eigenvalue weighted by Gasteiger charge is 2.24. The number of hydrogen-bond donors (Lipinski definition) is 0. The molecule has 1 atom stereocenters. The predicted molar refractivity (Wildman–Crippen MR) is 99.5 cm³/mol. The third-order valence-corrected chi connectivity index (χ3v) is 4.71. The van der Waals surface area contributed by atoms with E-state index in [0.717, 1.165) is 17.4 Å². The van der Waals surface area contributed by atoms with Gasteiger partial charge in [-0.05, 0) is 38.1 Å². The second-order valence-corrected chi connectivity index (χ2v) is 6.82. The maximum absolute atomic E-state index is 13.8. The minimum absolute atomic E-state index is 0.0608. The Labute approximate surface area is 155 Å². The van der Waals surface area contributed by atoms with Crippen LogP contribution in [-0.4, -0.2) is 27.9 Å². The fourth-order valence-electron chi connectivity index (χ4n) is 2.50. The first-order valence-corrected chi connectivity index (χ1v) is 9.09. The normalized spacial score (nSPS) is 12.0. The summed E-state index contributed by atoms with van der Waals surface area (Å²) in [5, 5.41) is 7.61. The van der Waals surface area contributed by atoms with Gasteiger partial charge in [-0.3, -0.25) is 4.79 Å². The summed E-state index contributed by atoms with van der Waals surface area (Å²) < 4.78 is 19.3. The molecule has 3 aromatic rings. The van der Waals surface area contributed by atoms with Crippen molar-refractivity contribution in [2.45, 2.75) is 24.3 Å². The Morgan fingerprint density at radius 2 is 1.85 bits per heavy atom. The van der Waals surface area contributed by atoms with Crippen LogP contribution < -0.4 is 4.90 Å².